The van der Waals surface area contributed by atoms with Gasteiger partial charge >= 0.3 is 0 Å². The number of para-hydroxylation sites is 1. The fourth-order valence-electron chi connectivity index (χ4n) is 8.66. The summed E-state index contributed by atoms with van der Waals surface area (Å²) < 4.78 is 6.51. The molecule has 0 bridgehead atoms. The van der Waals surface area contributed by atoms with Crippen molar-refractivity contribution in [2.24, 2.45) is 0 Å². The zero-order chi connectivity index (χ0) is 37.0. The molecule has 2 nitrogen and oxygen atoms in total. The lowest BCUT2D eigenvalue weighted by Gasteiger charge is -2.26. The number of benzene rings is 10. The Bertz CT molecular complexity index is 3240. The van der Waals surface area contributed by atoms with Crippen molar-refractivity contribution >= 4 is 71.3 Å². The van der Waals surface area contributed by atoms with Gasteiger partial charge in [0.05, 0.1) is 0 Å². The molecule has 0 aliphatic carbocycles. The van der Waals surface area contributed by atoms with Gasteiger partial charge < -0.3 is 9.32 Å². The lowest BCUT2D eigenvalue weighted by molar-refractivity contribution is 0.672. The summed E-state index contributed by atoms with van der Waals surface area (Å²) >= 11 is 0. The summed E-state index contributed by atoms with van der Waals surface area (Å²) in [6.07, 6.45) is 0. The maximum Gasteiger partial charge on any atom is 0.143 e. The highest BCUT2D eigenvalue weighted by atomic mass is 16.3. The summed E-state index contributed by atoms with van der Waals surface area (Å²) in [5, 5.41) is 9.53. The summed E-state index contributed by atoms with van der Waals surface area (Å²) in [5.74, 6) is 0. The van der Waals surface area contributed by atoms with Gasteiger partial charge in [0.15, 0.2) is 0 Å². The van der Waals surface area contributed by atoms with Crippen LogP contribution in [0.4, 0.5) is 17.1 Å². The first-order valence-corrected chi connectivity index (χ1v) is 19.2. The minimum Gasteiger partial charge on any atom is -0.455 e. The maximum absolute atomic E-state index is 6.51. The minimum atomic E-state index is 0.884. The van der Waals surface area contributed by atoms with E-state index in [0.29, 0.717) is 0 Å². The van der Waals surface area contributed by atoms with Crippen molar-refractivity contribution in [1.82, 2.24) is 0 Å². The van der Waals surface area contributed by atoms with Crippen LogP contribution in [0.25, 0.3) is 87.6 Å². The van der Waals surface area contributed by atoms with Gasteiger partial charge in [-0.3, -0.25) is 0 Å². The summed E-state index contributed by atoms with van der Waals surface area (Å²) in [6, 6.07) is 76.5. The Balaban J connectivity index is 1.11. The van der Waals surface area contributed by atoms with E-state index in [9.17, 15) is 0 Å². The molecule has 10 aromatic carbocycles. The molecule has 0 aliphatic heterocycles. The van der Waals surface area contributed by atoms with E-state index in [0.717, 1.165) is 50.0 Å². The van der Waals surface area contributed by atoms with Gasteiger partial charge in [0, 0.05) is 33.2 Å². The highest BCUT2D eigenvalue weighted by Crippen LogP contribution is 2.46. The van der Waals surface area contributed by atoms with Crippen LogP contribution in [0.2, 0.25) is 0 Å². The Labute approximate surface area is 325 Å². The number of hydrogen-bond donors (Lipinski definition) is 0. The Morgan fingerprint density at radius 2 is 0.839 bits per heavy atom. The fourth-order valence-corrected chi connectivity index (χ4v) is 8.66. The van der Waals surface area contributed by atoms with Gasteiger partial charge in [-0.1, -0.05) is 158 Å². The smallest absolute Gasteiger partial charge is 0.143 e. The number of fused-ring (bicyclic) bond motifs is 8. The van der Waals surface area contributed by atoms with Crippen molar-refractivity contribution < 1.29 is 4.42 Å². The SMILES string of the molecule is c1ccc(-c2c(-c3ccccc3)c3cc(-c4cccc(N(c5ccccc5)c5ccc6oc7c8ccccc8ccc7c6c5)c4)ccc3c3ccccc23)cc1. The topological polar surface area (TPSA) is 16.4 Å². The molecular weight excluding hydrogens is 679 g/mol. The van der Waals surface area contributed by atoms with Crippen molar-refractivity contribution in [3.63, 3.8) is 0 Å². The molecule has 0 saturated heterocycles. The Hall–Kier alpha value is -7.42. The van der Waals surface area contributed by atoms with Crippen LogP contribution >= 0.6 is 0 Å². The predicted molar refractivity (Wildman–Crippen MR) is 237 cm³/mol. The van der Waals surface area contributed by atoms with Gasteiger partial charge in [-0.2, -0.15) is 0 Å². The Morgan fingerprint density at radius 1 is 0.286 bits per heavy atom. The van der Waals surface area contributed by atoms with E-state index < -0.39 is 0 Å². The van der Waals surface area contributed by atoms with Crippen LogP contribution in [0.1, 0.15) is 0 Å². The summed E-state index contributed by atoms with van der Waals surface area (Å²) in [7, 11) is 0. The lowest BCUT2D eigenvalue weighted by Crippen LogP contribution is -2.09. The van der Waals surface area contributed by atoms with Crippen LogP contribution in [-0.2, 0) is 0 Å². The molecule has 1 aromatic heterocycles. The van der Waals surface area contributed by atoms with E-state index in [1.165, 1.54) is 54.7 Å². The van der Waals surface area contributed by atoms with Crippen LogP contribution in [0.3, 0.4) is 0 Å². The van der Waals surface area contributed by atoms with Crippen molar-refractivity contribution in [3.8, 4) is 33.4 Å². The molecule has 0 unspecified atom stereocenters. The summed E-state index contributed by atoms with van der Waals surface area (Å²) in [6.45, 7) is 0. The molecule has 0 spiro atoms. The normalized spacial score (nSPS) is 11.6. The molecule has 0 amide bonds. The van der Waals surface area contributed by atoms with E-state index in [1.807, 2.05) is 0 Å². The molecule has 0 radical (unpaired) electrons. The van der Waals surface area contributed by atoms with E-state index >= 15 is 0 Å². The first kappa shape index (κ1) is 32.0. The minimum absolute atomic E-state index is 0.884. The molecule has 0 N–H and O–H groups in total. The quantitative estimate of drug-likeness (QED) is 0.160. The van der Waals surface area contributed by atoms with E-state index in [4.69, 9.17) is 4.42 Å². The molecule has 0 fully saturated rings. The van der Waals surface area contributed by atoms with Crippen molar-refractivity contribution in [2.75, 3.05) is 4.90 Å². The second-order valence-corrected chi connectivity index (χ2v) is 14.5. The van der Waals surface area contributed by atoms with Crippen LogP contribution in [0, 0.1) is 0 Å². The Kier molecular flexibility index (Phi) is 7.53. The van der Waals surface area contributed by atoms with E-state index in [-0.39, 0.29) is 0 Å². The van der Waals surface area contributed by atoms with E-state index in [2.05, 4.69) is 217 Å². The predicted octanol–water partition coefficient (Wildman–Crippen LogP) is 15.5. The molecule has 2 heteroatoms. The average molecular weight is 714 g/mol. The van der Waals surface area contributed by atoms with Crippen molar-refractivity contribution in [1.29, 1.82) is 0 Å². The number of hydrogen-bond acceptors (Lipinski definition) is 2. The standard InChI is InChI=1S/C54H35NO/c1-4-16-37(17-5-1)52-47-26-13-12-25-45(47)46-30-28-40(34-50(46)53(52)38-18-6-2-7-19-38)39-20-14-23-42(33-39)55(41-21-8-3-9-22-41)43-29-32-51-49(35-43)48-31-27-36-15-10-11-24-44(36)54(48)56-51/h1-35H. The molecular formula is C54H35NO. The first-order valence-electron chi connectivity index (χ1n) is 19.2. The van der Waals surface area contributed by atoms with Gasteiger partial charge in [0.1, 0.15) is 11.2 Å². The third-order valence-corrected chi connectivity index (χ3v) is 11.2. The van der Waals surface area contributed by atoms with Gasteiger partial charge in [-0.05, 0) is 115 Å². The molecule has 0 saturated carbocycles. The molecule has 0 atom stereocenters. The molecule has 262 valence electrons. The number of anilines is 3. The van der Waals surface area contributed by atoms with Gasteiger partial charge in [-0.25, -0.2) is 0 Å². The molecule has 11 rings (SSSR count). The third kappa shape index (κ3) is 5.26. The fraction of sp³-hybridized carbons (Fsp3) is 0. The molecule has 11 aromatic rings. The number of nitrogens with zero attached hydrogens (tertiary/aromatic N) is 1. The summed E-state index contributed by atoms with van der Waals surface area (Å²) in [5.41, 5.74) is 12.3. The highest BCUT2D eigenvalue weighted by Gasteiger charge is 2.20. The zero-order valence-electron chi connectivity index (χ0n) is 30.6. The van der Waals surface area contributed by atoms with Crippen molar-refractivity contribution in [2.45, 2.75) is 0 Å². The number of rotatable bonds is 6. The van der Waals surface area contributed by atoms with Crippen LogP contribution in [-0.4, -0.2) is 0 Å². The molecule has 1 heterocycles. The summed E-state index contributed by atoms with van der Waals surface area (Å²) in [4.78, 5) is 2.35. The number of furan rings is 1. The molecule has 0 aliphatic rings. The molecule has 56 heavy (non-hydrogen) atoms. The average Bonchev–Trinajstić information content (AvgIpc) is 3.65. The second-order valence-electron chi connectivity index (χ2n) is 14.5. The van der Waals surface area contributed by atoms with Gasteiger partial charge in [-0.15, -0.1) is 0 Å². The third-order valence-electron chi connectivity index (χ3n) is 11.2. The van der Waals surface area contributed by atoms with Crippen LogP contribution in [0.15, 0.2) is 217 Å². The lowest BCUT2D eigenvalue weighted by atomic mass is 9.84. The largest absolute Gasteiger partial charge is 0.455 e. The van der Waals surface area contributed by atoms with Crippen LogP contribution < -0.4 is 4.90 Å². The first-order chi connectivity index (χ1) is 27.8. The monoisotopic (exact) mass is 713 g/mol. The van der Waals surface area contributed by atoms with Crippen molar-refractivity contribution in [3.05, 3.63) is 212 Å². The zero-order valence-corrected chi connectivity index (χ0v) is 30.6. The van der Waals surface area contributed by atoms with E-state index in [1.54, 1.807) is 0 Å². The Morgan fingerprint density at radius 3 is 1.61 bits per heavy atom. The highest BCUT2D eigenvalue weighted by molar-refractivity contribution is 6.22. The van der Waals surface area contributed by atoms with Gasteiger partial charge in [0.2, 0.25) is 0 Å². The maximum atomic E-state index is 6.51. The van der Waals surface area contributed by atoms with Gasteiger partial charge in [0.25, 0.3) is 0 Å². The van der Waals surface area contributed by atoms with Crippen LogP contribution in [0.5, 0.6) is 0 Å². The second kappa shape index (κ2) is 13.2.